The van der Waals surface area contributed by atoms with Gasteiger partial charge >= 0.3 is 5.97 Å². The summed E-state index contributed by atoms with van der Waals surface area (Å²) in [5.41, 5.74) is 2.19. The summed E-state index contributed by atoms with van der Waals surface area (Å²) in [5, 5.41) is 7.94. The predicted molar refractivity (Wildman–Crippen MR) is 104 cm³/mol. The van der Waals surface area contributed by atoms with Crippen LogP contribution >= 0.6 is 22.9 Å². The number of rotatable bonds is 5. The molecule has 0 saturated heterocycles. The average molecular weight is 405 g/mol. The van der Waals surface area contributed by atoms with Gasteiger partial charge < -0.3 is 4.74 Å². The number of anilines is 1. The molecule has 0 fully saturated rings. The Morgan fingerprint density at radius 2 is 2.07 bits per heavy atom. The fourth-order valence-electron chi connectivity index (χ4n) is 2.48. The van der Waals surface area contributed by atoms with Crippen molar-refractivity contribution in [3.05, 3.63) is 51.6 Å². The lowest BCUT2D eigenvalue weighted by atomic mass is 10.1. The van der Waals surface area contributed by atoms with E-state index in [0.717, 1.165) is 16.9 Å². The minimum absolute atomic E-state index is 0.276. The number of esters is 1. The standard InChI is InChI=1S/C18H17ClN4O3S/c1-4-26-17(25)15-10(2)20-18(27-15)21-16(24)14-9-13(22-23(14)3)11-7-5-6-8-12(11)19/h5-9H,4H2,1-3H3,(H,20,21,24). The number of benzene rings is 1. The molecule has 2 heterocycles. The third-order valence-corrected chi connectivity index (χ3v) is 5.12. The Hall–Kier alpha value is -2.71. The van der Waals surface area contributed by atoms with Crippen molar-refractivity contribution >= 4 is 39.9 Å². The fraction of sp³-hybridized carbons (Fsp3) is 0.222. The molecule has 1 aromatic carbocycles. The van der Waals surface area contributed by atoms with Gasteiger partial charge in [-0.2, -0.15) is 5.10 Å². The fourth-order valence-corrected chi connectivity index (χ4v) is 3.57. The van der Waals surface area contributed by atoms with Crippen molar-refractivity contribution in [3.8, 4) is 11.3 Å². The number of hydrogen-bond acceptors (Lipinski definition) is 6. The van der Waals surface area contributed by atoms with Crippen LogP contribution in [0.1, 0.15) is 32.8 Å². The van der Waals surface area contributed by atoms with E-state index in [1.807, 2.05) is 18.2 Å². The number of amides is 1. The van der Waals surface area contributed by atoms with Crippen LogP contribution in [-0.2, 0) is 11.8 Å². The lowest BCUT2D eigenvalue weighted by Crippen LogP contribution is -2.15. The molecule has 2 aromatic heterocycles. The number of halogens is 1. The summed E-state index contributed by atoms with van der Waals surface area (Å²) in [6.45, 7) is 3.70. The number of hydrogen-bond donors (Lipinski definition) is 1. The molecule has 0 unspecified atom stereocenters. The van der Waals surface area contributed by atoms with E-state index in [1.54, 1.807) is 33.0 Å². The highest BCUT2D eigenvalue weighted by atomic mass is 35.5. The largest absolute Gasteiger partial charge is 0.462 e. The van der Waals surface area contributed by atoms with Gasteiger partial charge in [-0.05, 0) is 26.0 Å². The Bertz CT molecular complexity index is 1010. The normalized spacial score (nSPS) is 10.7. The van der Waals surface area contributed by atoms with Gasteiger partial charge in [0.05, 0.1) is 23.0 Å². The molecule has 7 nitrogen and oxygen atoms in total. The molecule has 3 rings (SSSR count). The molecule has 27 heavy (non-hydrogen) atoms. The smallest absolute Gasteiger partial charge is 0.350 e. The van der Waals surface area contributed by atoms with Crippen molar-refractivity contribution in [2.45, 2.75) is 13.8 Å². The number of aromatic nitrogens is 3. The van der Waals surface area contributed by atoms with Crippen molar-refractivity contribution in [1.29, 1.82) is 0 Å². The Morgan fingerprint density at radius 1 is 1.33 bits per heavy atom. The molecule has 0 saturated carbocycles. The van der Waals surface area contributed by atoms with Crippen LogP contribution in [0.15, 0.2) is 30.3 Å². The number of carbonyl (C=O) groups is 2. The van der Waals surface area contributed by atoms with Crippen molar-refractivity contribution in [2.24, 2.45) is 7.05 Å². The van der Waals surface area contributed by atoms with Gasteiger partial charge in [0.25, 0.3) is 5.91 Å². The SMILES string of the molecule is CCOC(=O)c1sc(NC(=O)c2cc(-c3ccccc3Cl)nn2C)nc1C. The van der Waals surface area contributed by atoms with Crippen molar-refractivity contribution in [2.75, 3.05) is 11.9 Å². The van der Waals surface area contributed by atoms with Crippen LogP contribution < -0.4 is 5.32 Å². The molecule has 0 aliphatic rings. The first-order chi connectivity index (χ1) is 12.9. The lowest BCUT2D eigenvalue weighted by Gasteiger charge is -2.01. The first-order valence-corrected chi connectivity index (χ1v) is 9.35. The van der Waals surface area contributed by atoms with Gasteiger partial charge in [0.15, 0.2) is 5.13 Å². The number of ether oxygens (including phenoxy) is 1. The van der Waals surface area contributed by atoms with E-state index in [0.29, 0.717) is 32.1 Å². The topological polar surface area (TPSA) is 86.1 Å². The minimum atomic E-state index is -0.450. The molecule has 0 spiro atoms. The van der Waals surface area contributed by atoms with Gasteiger partial charge in [0, 0.05) is 12.6 Å². The third kappa shape index (κ3) is 4.01. The van der Waals surface area contributed by atoms with Crippen LogP contribution in [0.3, 0.4) is 0 Å². The van der Waals surface area contributed by atoms with Gasteiger partial charge in [-0.1, -0.05) is 41.1 Å². The zero-order valence-electron chi connectivity index (χ0n) is 14.9. The molecule has 1 amide bonds. The summed E-state index contributed by atoms with van der Waals surface area (Å²) in [4.78, 5) is 29.1. The van der Waals surface area contributed by atoms with Crippen LogP contribution in [0.4, 0.5) is 5.13 Å². The van der Waals surface area contributed by atoms with E-state index < -0.39 is 5.97 Å². The highest BCUT2D eigenvalue weighted by molar-refractivity contribution is 7.17. The Labute approximate surface area is 164 Å². The second-order valence-electron chi connectivity index (χ2n) is 5.63. The van der Waals surface area contributed by atoms with E-state index in [1.165, 1.54) is 4.68 Å². The number of thiazole rings is 1. The van der Waals surface area contributed by atoms with E-state index in [4.69, 9.17) is 16.3 Å². The van der Waals surface area contributed by atoms with E-state index in [-0.39, 0.29) is 12.5 Å². The van der Waals surface area contributed by atoms with E-state index in [2.05, 4.69) is 15.4 Å². The zero-order chi connectivity index (χ0) is 19.6. The summed E-state index contributed by atoms with van der Waals surface area (Å²) in [7, 11) is 1.67. The summed E-state index contributed by atoms with van der Waals surface area (Å²) in [6, 6.07) is 8.94. The number of nitrogens with zero attached hydrogens (tertiary/aromatic N) is 3. The van der Waals surface area contributed by atoms with Gasteiger partial charge in [0.2, 0.25) is 0 Å². The van der Waals surface area contributed by atoms with Crippen molar-refractivity contribution < 1.29 is 14.3 Å². The molecule has 0 aliphatic carbocycles. The first kappa shape index (κ1) is 19.1. The number of carbonyl (C=O) groups excluding carboxylic acids is 2. The quantitative estimate of drug-likeness (QED) is 0.651. The second kappa shape index (κ2) is 7.89. The predicted octanol–water partition coefficient (Wildman–Crippen LogP) is 3.93. The third-order valence-electron chi connectivity index (χ3n) is 3.74. The monoisotopic (exact) mass is 404 g/mol. The van der Waals surface area contributed by atoms with Crippen LogP contribution in [0.25, 0.3) is 11.3 Å². The highest BCUT2D eigenvalue weighted by Gasteiger charge is 2.20. The molecule has 1 N–H and O–H groups in total. The molecule has 0 atom stereocenters. The molecule has 0 radical (unpaired) electrons. The Morgan fingerprint density at radius 3 is 2.78 bits per heavy atom. The maximum atomic E-state index is 12.6. The summed E-state index contributed by atoms with van der Waals surface area (Å²) in [5.74, 6) is -0.831. The molecule has 0 bridgehead atoms. The molecule has 9 heteroatoms. The van der Waals surface area contributed by atoms with Crippen molar-refractivity contribution in [1.82, 2.24) is 14.8 Å². The molecule has 140 valence electrons. The molecular weight excluding hydrogens is 388 g/mol. The number of nitrogens with one attached hydrogen (secondary N) is 1. The summed E-state index contributed by atoms with van der Waals surface area (Å²) >= 11 is 7.28. The summed E-state index contributed by atoms with van der Waals surface area (Å²) < 4.78 is 6.46. The van der Waals surface area contributed by atoms with E-state index in [9.17, 15) is 9.59 Å². The minimum Gasteiger partial charge on any atom is -0.462 e. The van der Waals surface area contributed by atoms with Crippen molar-refractivity contribution in [3.63, 3.8) is 0 Å². The second-order valence-corrected chi connectivity index (χ2v) is 7.03. The zero-order valence-corrected chi connectivity index (χ0v) is 16.5. The Balaban J connectivity index is 1.82. The summed E-state index contributed by atoms with van der Waals surface area (Å²) in [6.07, 6.45) is 0. The lowest BCUT2D eigenvalue weighted by molar-refractivity contribution is 0.0531. The van der Waals surface area contributed by atoms with Crippen LogP contribution in [0, 0.1) is 6.92 Å². The molecule has 3 aromatic rings. The van der Waals surface area contributed by atoms with Crippen LogP contribution in [-0.4, -0.2) is 33.2 Å². The van der Waals surface area contributed by atoms with Gasteiger partial charge in [-0.25, -0.2) is 9.78 Å². The van der Waals surface area contributed by atoms with Crippen LogP contribution in [0.2, 0.25) is 5.02 Å². The van der Waals surface area contributed by atoms with Gasteiger partial charge in [0.1, 0.15) is 10.6 Å². The Kier molecular flexibility index (Phi) is 5.57. The highest BCUT2D eigenvalue weighted by Crippen LogP contribution is 2.28. The molecule has 0 aliphatic heterocycles. The molecular formula is C18H17ClN4O3S. The number of aryl methyl sites for hydroxylation is 2. The van der Waals surface area contributed by atoms with E-state index >= 15 is 0 Å². The first-order valence-electron chi connectivity index (χ1n) is 8.15. The maximum Gasteiger partial charge on any atom is 0.350 e. The van der Waals surface area contributed by atoms with Gasteiger partial charge in [-0.15, -0.1) is 0 Å². The van der Waals surface area contributed by atoms with Crippen LogP contribution in [0.5, 0.6) is 0 Å². The maximum absolute atomic E-state index is 12.6. The average Bonchev–Trinajstić information content (AvgIpc) is 3.18. The van der Waals surface area contributed by atoms with Gasteiger partial charge in [-0.3, -0.25) is 14.8 Å².